The maximum absolute atomic E-state index is 13.0. The number of rotatable bonds is 7. The zero-order valence-electron chi connectivity index (χ0n) is 18.1. The number of carbonyl (C=O) groups is 2. The lowest BCUT2D eigenvalue weighted by molar-refractivity contribution is -0.116. The Hall–Kier alpha value is -2.87. The highest BCUT2D eigenvalue weighted by Crippen LogP contribution is 2.27. The molecule has 0 aliphatic heterocycles. The minimum atomic E-state index is -3.73. The molecule has 0 heterocycles. The van der Waals surface area contributed by atoms with Gasteiger partial charge < -0.3 is 10.1 Å². The highest BCUT2D eigenvalue weighted by Gasteiger charge is 2.30. The van der Waals surface area contributed by atoms with Crippen molar-refractivity contribution in [3.63, 3.8) is 0 Å². The molecule has 30 heavy (non-hydrogen) atoms. The molecule has 0 aromatic heterocycles. The number of aryl methyl sites for hydroxylation is 3. The maximum atomic E-state index is 13.0. The second-order valence-electron chi connectivity index (χ2n) is 7.26. The van der Waals surface area contributed by atoms with E-state index in [2.05, 4.69) is 5.32 Å². The average Bonchev–Trinajstić information content (AvgIpc) is 2.65. The predicted octanol–water partition coefficient (Wildman–Crippen LogP) is 3.58. The van der Waals surface area contributed by atoms with Crippen LogP contribution in [-0.4, -0.2) is 39.2 Å². The Morgan fingerprint density at radius 3 is 2.30 bits per heavy atom. The number of amides is 1. The summed E-state index contributed by atoms with van der Waals surface area (Å²) in [5.74, 6) is -1.00. The number of carbonyl (C=O) groups excluding carboxylic acids is 2. The van der Waals surface area contributed by atoms with E-state index in [9.17, 15) is 18.0 Å². The normalized spacial score (nSPS) is 12.2. The van der Waals surface area contributed by atoms with Crippen LogP contribution in [0.5, 0.6) is 0 Å². The van der Waals surface area contributed by atoms with Crippen LogP contribution in [-0.2, 0) is 19.6 Å². The van der Waals surface area contributed by atoms with Crippen molar-refractivity contribution >= 4 is 33.3 Å². The number of nitrogens with zero attached hydrogens (tertiary/aromatic N) is 1. The fourth-order valence-electron chi connectivity index (χ4n) is 3.07. The van der Waals surface area contributed by atoms with Crippen LogP contribution in [0.25, 0.3) is 0 Å². The van der Waals surface area contributed by atoms with Gasteiger partial charge in [0.15, 0.2) is 0 Å². The summed E-state index contributed by atoms with van der Waals surface area (Å²) < 4.78 is 31.2. The topological polar surface area (TPSA) is 92.8 Å². The van der Waals surface area contributed by atoms with Crippen LogP contribution in [0.15, 0.2) is 36.4 Å². The molecule has 0 saturated heterocycles. The van der Waals surface area contributed by atoms with Gasteiger partial charge in [-0.2, -0.15) is 0 Å². The van der Waals surface area contributed by atoms with Crippen molar-refractivity contribution in [1.82, 2.24) is 0 Å². The number of nitrogens with one attached hydrogen (secondary N) is 1. The number of benzene rings is 2. The van der Waals surface area contributed by atoms with Gasteiger partial charge in [0.2, 0.25) is 15.9 Å². The van der Waals surface area contributed by atoms with Crippen LogP contribution >= 0.6 is 0 Å². The highest BCUT2D eigenvalue weighted by atomic mass is 32.2. The fraction of sp³-hybridized carbons (Fsp3) is 0.364. The third-order valence-corrected chi connectivity index (χ3v) is 5.92. The van der Waals surface area contributed by atoms with Crippen molar-refractivity contribution in [2.24, 2.45) is 0 Å². The van der Waals surface area contributed by atoms with E-state index >= 15 is 0 Å². The van der Waals surface area contributed by atoms with Gasteiger partial charge >= 0.3 is 5.97 Å². The number of hydrogen-bond acceptors (Lipinski definition) is 5. The molecule has 162 valence electrons. The van der Waals surface area contributed by atoms with Crippen LogP contribution in [0.2, 0.25) is 0 Å². The molecule has 1 atom stereocenters. The van der Waals surface area contributed by atoms with Gasteiger partial charge in [0.1, 0.15) is 6.04 Å². The Labute approximate surface area is 178 Å². The first-order valence-corrected chi connectivity index (χ1v) is 11.5. The molecule has 0 saturated carbocycles. The van der Waals surface area contributed by atoms with E-state index in [1.807, 2.05) is 19.1 Å². The molecule has 1 N–H and O–H groups in total. The summed E-state index contributed by atoms with van der Waals surface area (Å²) in [5, 5.41) is 2.75. The van der Waals surface area contributed by atoms with Crippen molar-refractivity contribution in [1.29, 1.82) is 0 Å². The SMILES string of the molecule is CCOC(=O)c1ccc(C)c(NC(=O)[C@@H](C)N(c2cc(C)ccc2C)S(C)(=O)=O)c1. The van der Waals surface area contributed by atoms with Gasteiger partial charge in [-0.1, -0.05) is 18.2 Å². The average molecular weight is 433 g/mol. The predicted molar refractivity (Wildman–Crippen MR) is 118 cm³/mol. The Bertz CT molecular complexity index is 1060. The summed E-state index contributed by atoms with van der Waals surface area (Å²) in [6.45, 7) is 8.92. The number of esters is 1. The Morgan fingerprint density at radius 2 is 1.70 bits per heavy atom. The fourth-order valence-corrected chi connectivity index (χ4v) is 4.30. The van der Waals surface area contributed by atoms with E-state index < -0.39 is 27.9 Å². The van der Waals surface area contributed by atoms with Crippen LogP contribution in [0.1, 0.15) is 40.9 Å². The van der Waals surface area contributed by atoms with Crippen molar-refractivity contribution < 1.29 is 22.7 Å². The molecule has 8 heteroatoms. The highest BCUT2D eigenvalue weighted by molar-refractivity contribution is 7.92. The van der Waals surface area contributed by atoms with E-state index in [0.717, 1.165) is 27.3 Å². The van der Waals surface area contributed by atoms with Gasteiger partial charge in [0.25, 0.3) is 0 Å². The molecule has 0 radical (unpaired) electrons. The molecule has 0 aliphatic carbocycles. The molecule has 7 nitrogen and oxygen atoms in total. The van der Waals surface area contributed by atoms with E-state index in [0.29, 0.717) is 16.9 Å². The second kappa shape index (κ2) is 9.30. The summed E-state index contributed by atoms with van der Waals surface area (Å²) in [5.41, 5.74) is 3.55. The van der Waals surface area contributed by atoms with Crippen LogP contribution in [0, 0.1) is 20.8 Å². The maximum Gasteiger partial charge on any atom is 0.338 e. The van der Waals surface area contributed by atoms with Gasteiger partial charge in [0, 0.05) is 5.69 Å². The van der Waals surface area contributed by atoms with Gasteiger partial charge in [-0.3, -0.25) is 9.10 Å². The van der Waals surface area contributed by atoms with E-state index in [4.69, 9.17) is 4.74 Å². The first kappa shape index (κ1) is 23.4. The third kappa shape index (κ3) is 5.38. The summed E-state index contributed by atoms with van der Waals surface area (Å²) in [6, 6.07) is 9.28. The zero-order valence-corrected chi connectivity index (χ0v) is 19.0. The van der Waals surface area contributed by atoms with Gasteiger partial charge in [-0.25, -0.2) is 13.2 Å². The molecule has 1 amide bonds. The van der Waals surface area contributed by atoms with E-state index in [1.165, 1.54) is 13.0 Å². The molecule has 0 bridgehead atoms. The lowest BCUT2D eigenvalue weighted by Crippen LogP contribution is -2.45. The second-order valence-corrected chi connectivity index (χ2v) is 9.12. The summed E-state index contributed by atoms with van der Waals surface area (Å²) >= 11 is 0. The number of ether oxygens (including phenoxy) is 1. The standard InChI is InChI=1S/C22H28N2O5S/c1-7-29-22(26)18-11-10-15(3)19(13-18)23-21(25)17(5)24(30(6,27)28)20-12-14(2)8-9-16(20)4/h8-13,17H,7H2,1-6H3,(H,23,25)/t17-/m1/s1. The minimum absolute atomic E-state index is 0.241. The monoisotopic (exact) mass is 432 g/mol. The smallest absolute Gasteiger partial charge is 0.338 e. The van der Waals surface area contributed by atoms with Crippen LogP contribution in [0.3, 0.4) is 0 Å². The lowest BCUT2D eigenvalue weighted by atomic mass is 10.1. The molecule has 2 aromatic rings. The molecule has 0 fully saturated rings. The number of hydrogen-bond donors (Lipinski definition) is 1. The van der Waals surface area contributed by atoms with Crippen LogP contribution in [0.4, 0.5) is 11.4 Å². The van der Waals surface area contributed by atoms with Crippen LogP contribution < -0.4 is 9.62 Å². The van der Waals surface area contributed by atoms with Crippen molar-refractivity contribution in [2.45, 2.75) is 40.7 Å². The summed E-state index contributed by atoms with van der Waals surface area (Å²) in [6.07, 6.45) is 1.07. The molecule has 0 spiro atoms. The van der Waals surface area contributed by atoms with Crippen molar-refractivity contribution in [2.75, 3.05) is 22.5 Å². The molecule has 0 aliphatic rings. The largest absolute Gasteiger partial charge is 0.462 e. The summed E-state index contributed by atoms with van der Waals surface area (Å²) in [4.78, 5) is 25.0. The first-order chi connectivity index (χ1) is 14.0. The zero-order chi connectivity index (χ0) is 22.6. The minimum Gasteiger partial charge on any atom is -0.462 e. The summed E-state index contributed by atoms with van der Waals surface area (Å²) in [7, 11) is -3.73. The third-order valence-electron chi connectivity index (χ3n) is 4.70. The Kier molecular flexibility index (Phi) is 7.25. The Balaban J connectivity index is 2.38. The molecule has 2 rings (SSSR count). The molecular weight excluding hydrogens is 404 g/mol. The van der Waals surface area contributed by atoms with E-state index in [1.54, 1.807) is 39.0 Å². The Morgan fingerprint density at radius 1 is 1.07 bits per heavy atom. The molecule has 0 unspecified atom stereocenters. The molecule has 2 aromatic carbocycles. The van der Waals surface area contributed by atoms with Gasteiger partial charge in [-0.15, -0.1) is 0 Å². The number of anilines is 2. The van der Waals surface area contributed by atoms with Crippen molar-refractivity contribution in [3.8, 4) is 0 Å². The van der Waals surface area contributed by atoms with Gasteiger partial charge in [-0.05, 0) is 69.5 Å². The molecular formula is C22H28N2O5S. The van der Waals surface area contributed by atoms with Gasteiger partial charge in [0.05, 0.1) is 24.1 Å². The first-order valence-electron chi connectivity index (χ1n) is 9.61. The quantitative estimate of drug-likeness (QED) is 0.675. The van der Waals surface area contributed by atoms with E-state index in [-0.39, 0.29) is 6.61 Å². The lowest BCUT2D eigenvalue weighted by Gasteiger charge is -2.30. The number of sulfonamides is 1. The van der Waals surface area contributed by atoms with Crippen molar-refractivity contribution in [3.05, 3.63) is 58.7 Å².